The molecule has 0 aliphatic carbocycles. The molecule has 1 aliphatic heterocycles. The summed E-state index contributed by atoms with van der Waals surface area (Å²) in [4.78, 5) is 17.1. The van der Waals surface area contributed by atoms with E-state index in [0.29, 0.717) is 0 Å². The van der Waals surface area contributed by atoms with Gasteiger partial charge in [-0.05, 0) is 6.92 Å². The van der Waals surface area contributed by atoms with Gasteiger partial charge in [0.25, 0.3) is 5.56 Å². The van der Waals surface area contributed by atoms with Gasteiger partial charge >= 0.3 is 0 Å². The molecule has 0 bridgehead atoms. The van der Waals surface area contributed by atoms with Crippen LogP contribution in [0, 0.1) is 12.9 Å². The fourth-order valence-corrected chi connectivity index (χ4v) is 2.09. The number of ether oxygens (including phenoxy) is 2. The Morgan fingerprint density at radius 1 is 1.58 bits per heavy atom. The van der Waals surface area contributed by atoms with Gasteiger partial charge in [-0.25, -0.2) is 4.98 Å². The monoisotopic (exact) mass is 274 g/mol. The van der Waals surface area contributed by atoms with Gasteiger partial charge in [-0.1, -0.05) is 0 Å². The second kappa shape index (κ2) is 5.33. The first-order valence-corrected chi connectivity index (χ1v) is 5.73. The van der Waals surface area contributed by atoms with E-state index in [1.807, 2.05) is 4.98 Å². The molecule has 1 fully saturated rings. The lowest BCUT2D eigenvalue weighted by molar-refractivity contribution is -0.0267. The van der Waals surface area contributed by atoms with E-state index in [2.05, 4.69) is 4.98 Å². The van der Waals surface area contributed by atoms with E-state index in [1.54, 1.807) is 0 Å². The average molecular weight is 274 g/mol. The maximum absolute atomic E-state index is 13.8. The molecule has 1 aromatic rings. The molecule has 7 nitrogen and oxygen atoms in total. The molecule has 2 heterocycles. The Bertz CT molecular complexity index is 520. The van der Waals surface area contributed by atoms with Gasteiger partial charge in [0, 0.05) is 7.11 Å². The van der Waals surface area contributed by atoms with E-state index in [9.17, 15) is 14.3 Å². The molecule has 0 spiro atoms. The molecule has 1 aliphatic rings. The Morgan fingerprint density at radius 3 is 2.84 bits per heavy atom. The van der Waals surface area contributed by atoms with Crippen molar-refractivity contribution in [2.45, 2.75) is 31.3 Å². The zero-order chi connectivity index (χ0) is 14.2. The first-order chi connectivity index (χ1) is 8.99. The van der Waals surface area contributed by atoms with Crippen molar-refractivity contribution in [2.24, 2.45) is 0 Å². The molecule has 8 heteroatoms. The highest BCUT2D eigenvalue weighted by atomic mass is 19.1. The summed E-state index contributed by atoms with van der Waals surface area (Å²) in [7, 11) is 1.33. The number of rotatable bonds is 3. The molecular formula is C11H15FN2O5. The second-order valence-electron chi connectivity index (χ2n) is 4.32. The van der Waals surface area contributed by atoms with Gasteiger partial charge in [-0.15, -0.1) is 0 Å². The number of halogens is 1. The highest BCUT2D eigenvalue weighted by molar-refractivity contribution is 5.12. The highest BCUT2D eigenvalue weighted by Crippen LogP contribution is 2.34. The molecule has 0 radical (unpaired) electrons. The van der Waals surface area contributed by atoms with Crippen LogP contribution in [-0.2, 0) is 9.47 Å². The quantitative estimate of drug-likeness (QED) is 0.655. The number of hydrogen-bond acceptors (Lipinski definition) is 6. The minimum Gasteiger partial charge on any atom is -0.394 e. The van der Waals surface area contributed by atoms with Gasteiger partial charge in [0.05, 0.1) is 6.61 Å². The number of aliphatic hydroxyl groups is 2. The van der Waals surface area contributed by atoms with Crippen molar-refractivity contribution in [2.75, 3.05) is 13.7 Å². The van der Waals surface area contributed by atoms with Crippen molar-refractivity contribution in [3.63, 3.8) is 0 Å². The maximum Gasteiger partial charge on any atom is 0.271 e. The summed E-state index contributed by atoms with van der Waals surface area (Å²) in [6.07, 6.45) is -3.85. The van der Waals surface area contributed by atoms with Gasteiger partial charge in [-0.2, -0.15) is 4.39 Å². The minimum absolute atomic E-state index is 0.0804. The topological polar surface area (TPSA) is 105 Å². The zero-order valence-corrected chi connectivity index (χ0v) is 10.5. The van der Waals surface area contributed by atoms with Crippen LogP contribution in [0.25, 0.3) is 0 Å². The van der Waals surface area contributed by atoms with E-state index in [1.165, 1.54) is 14.0 Å². The van der Waals surface area contributed by atoms with Gasteiger partial charge < -0.3 is 19.7 Å². The van der Waals surface area contributed by atoms with Crippen molar-refractivity contribution in [1.82, 2.24) is 9.97 Å². The van der Waals surface area contributed by atoms with Crippen LogP contribution >= 0.6 is 0 Å². The minimum atomic E-state index is -1.10. The fourth-order valence-electron chi connectivity index (χ4n) is 2.09. The number of nitrogens with zero attached hydrogens (tertiary/aromatic N) is 1. The van der Waals surface area contributed by atoms with E-state index >= 15 is 0 Å². The zero-order valence-electron chi connectivity index (χ0n) is 10.5. The SMILES string of the molecule is CO[C@H]1C(O)[C@@H](CO)O[C@H]1c1nc(C)c(=O)[nH]c1F. The van der Waals surface area contributed by atoms with Crippen molar-refractivity contribution in [3.05, 3.63) is 27.7 Å². The molecule has 4 atom stereocenters. The Labute approximate surface area is 108 Å². The molecule has 19 heavy (non-hydrogen) atoms. The van der Waals surface area contributed by atoms with Crippen LogP contribution in [0.1, 0.15) is 17.5 Å². The smallest absolute Gasteiger partial charge is 0.271 e. The third-order valence-corrected chi connectivity index (χ3v) is 3.12. The summed E-state index contributed by atoms with van der Waals surface area (Å²) >= 11 is 0. The molecule has 106 valence electrons. The van der Waals surface area contributed by atoms with Crippen molar-refractivity contribution in [1.29, 1.82) is 0 Å². The number of nitrogens with one attached hydrogen (secondary N) is 1. The Morgan fingerprint density at radius 2 is 2.26 bits per heavy atom. The first-order valence-electron chi connectivity index (χ1n) is 5.73. The summed E-state index contributed by atoms with van der Waals surface area (Å²) in [5, 5.41) is 18.9. The number of aliphatic hydroxyl groups excluding tert-OH is 2. The standard InChI is InChI=1S/C11H15FN2O5/c1-4-11(17)14-10(12)6(13-4)8-9(18-2)7(16)5(3-15)19-8/h5,7-9,15-16H,3H2,1-2H3,(H,14,17)/t5-,7?,8+,9+/m1/s1. The normalized spacial score (nSPS) is 30.8. The number of H-pyrrole nitrogens is 1. The Hall–Kier alpha value is -1.35. The summed E-state index contributed by atoms with van der Waals surface area (Å²) in [6.45, 7) is 1.000. The molecule has 0 saturated carbocycles. The van der Waals surface area contributed by atoms with Crippen LogP contribution in [0.4, 0.5) is 4.39 Å². The third kappa shape index (κ3) is 2.39. The lowest BCUT2D eigenvalue weighted by atomic mass is 10.1. The van der Waals surface area contributed by atoms with E-state index in [4.69, 9.17) is 14.6 Å². The fraction of sp³-hybridized carbons (Fsp3) is 0.636. The molecule has 0 aromatic carbocycles. The number of aromatic nitrogens is 2. The van der Waals surface area contributed by atoms with E-state index in [-0.39, 0.29) is 11.4 Å². The third-order valence-electron chi connectivity index (χ3n) is 3.12. The molecular weight excluding hydrogens is 259 g/mol. The first kappa shape index (κ1) is 14.1. The summed E-state index contributed by atoms with van der Waals surface area (Å²) in [5.41, 5.74) is -0.705. The Balaban J connectivity index is 2.41. The highest BCUT2D eigenvalue weighted by Gasteiger charge is 2.46. The average Bonchev–Trinajstić information content (AvgIpc) is 2.70. The van der Waals surface area contributed by atoms with Crippen molar-refractivity contribution >= 4 is 0 Å². The van der Waals surface area contributed by atoms with Crippen LogP contribution < -0.4 is 5.56 Å². The van der Waals surface area contributed by atoms with Crippen LogP contribution in [0.15, 0.2) is 4.79 Å². The van der Waals surface area contributed by atoms with Gasteiger partial charge in [0.2, 0.25) is 5.95 Å². The largest absolute Gasteiger partial charge is 0.394 e. The van der Waals surface area contributed by atoms with Crippen molar-refractivity contribution < 1.29 is 24.1 Å². The van der Waals surface area contributed by atoms with Gasteiger partial charge in [0.15, 0.2) is 0 Å². The molecule has 0 amide bonds. The number of aromatic amines is 1. The van der Waals surface area contributed by atoms with Crippen LogP contribution in [0.2, 0.25) is 0 Å². The molecule has 1 aromatic heterocycles. The molecule has 2 rings (SSSR count). The molecule has 1 saturated heterocycles. The lowest BCUT2D eigenvalue weighted by Gasteiger charge is -2.18. The van der Waals surface area contributed by atoms with E-state index < -0.39 is 42.5 Å². The van der Waals surface area contributed by atoms with E-state index in [0.717, 1.165) is 0 Å². The second-order valence-corrected chi connectivity index (χ2v) is 4.32. The number of hydrogen-bond donors (Lipinski definition) is 3. The maximum atomic E-state index is 13.8. The molecule has 1 unspecified atom stereocenters. The number of methoxy groups -OCH3 is 1. The summed E-state index contributed by atoms with van der Waals surface area (Å²) in [5.74, 6) is -0.937. The Kier molecular flexibility index (Phi) is 3.95. The van der Waals surface area contributed by atoms with Crippen LogP contribution in [-0.4, -0.2) is 52.2 Å². The predicted octanol–water partition coefficient (Wildman–Crippen LogP) is -0.974. The van der Waals surface area contributed by atoms with Crippen LogP contribution in [0.5, 0.6) is 0 Å². The number of aryl methyl sites for hydroxylation is 1. The van der Waals surface area contributed by atoms with Crippen molar-refractivity contribution in [3.8, 4) is 0 Å². The predicted molar refractivity (Wildman–Crippen MR) is 61.1 cm³/mol. The lowest BCUT2D eigenvalue weighted by Crippen LogP contribution is -2.34. The summed E-state index contributed by atoms with van der Waals surface area (Å²) < 4.78 is 24.2. The van der Waals surface area contributed by atoms with Gasteiger partial charge in [0.1, 0.15) is 35.8 Å². The molecule has 3 N–H and O–H groups in total. The summed E-state index contributed by atoms with van der Waals surface area (Å²) in [6, 6.07) is 0. The van der Waals surface area contributed by atoms with Crippen LogP contribution in [0.3, 0.4) is 0 Å². The van der Waals surface area contributed by atoms with Gasteiger partial charge in [-0.3, -0.25) is 9.78 Å².